The smallest absolute Gasteiger partial charge is 0.219 e. The third-order valence-corrected chi connectivity index (χ3v) is 3.76. The summed E-state index contributed by atoms with van der Waals surface area (Å²) in [6.07, 6.45) is -1.58. The van der Waals surface area contributed by atoms with Gasteiger partial charge in [0.2, 0.25) is 5.79 Å². The predicted molar refractivity (Wildman–Crippen MR) is 76.6 cm³/mol. The van der Waals surface area contributed by atoms with Gasteiger partial charge in [0.15, 0.2) is 0 Å². The number of benzene rings is 1. The first-order valence-electron chi connectivity index (χ1n) is 7.18. The Balaban J connectivity index is 1.67. The fourth-order valence-electron chi connectivity index (χ4n) is 2.47. The Morgan fingerprint density at radius 1 is 1.19 bits per heavy atom. The minimum atomic E-state index is -2.07. The third kappa shape index (κ3) is 4.00. The van der Waals surface area contributed by atoms with E-state index in [1.807, 2.05) is 18.2 Å². The number of hydrogen-bond donors (Lipinski definition) is 5. The molecule has 6 heteroatoms. The predicted octanol–water partition coefficient (Wildman–Crippen LogP) is -0.990. The minimum Gasteiger partial charge on any atom is -0.391 e. The number of ether oxygens (including phenoxy) is 1. The molecule has 1 fully saturated rings. The Kier molecular flexibility index (Phi) is 5.69. The highest BCUT2D eigenvalue weighted by Crippen LogP contribution is 2.28. The zero-order valence-electron chi connectivity index (χ0n) is 11.9. The number of aliphatic hydroxyl groups is 4. The Morgan fingerprint density at radius 2 is 1.90 bits per heavy atom. The highest BCUT2D eigenvalue weighted by Gasteiger charge is 2.52. The topological polar surface area (TPSA) is 102 Å². The maximum absolute atomic E-state index is 9.77. The molecule has 1 heterocycles. The molecular formula is C15H23NO5. The van der Waals surface area contributed by atoms with Crippen LogP contribution >= 0.6 is 0 Å². The minimum absolute atomic E-state index is 0.301. The highest BCUT2D eigenvalue weighted by atomic mass is 16.7. The zero-order valence-corrected chi connectivity index (χ0v) is 11.9. The van der Waals surface area contributed by atoms with E-state index in [-0.39, 0.29) is 0 Å². The van der Waals surface area contributed by atoms with Crippen molar-refractivity contribution in [2.75, 3.05) is 19.7 Å². The maximum atomic E-state index is 9.77. The molecule has 0 spiro atoms. The van der Waals surface area contributed by atoms with Gasteiger partial charge in [-0.15, -0.1) is 0 Å². The van der Waals surface area contributed by atoms with E-state index >= 15 is 0 Å². The lowest BCUT2D eigenvalue weighted by Crippen LogP contribution is -2.46. The van der Waals surface area contributed by atoms with Crippen molar-refractivity contribution in [3.63, 3.8) is 0 Å². The van der Waals surface area contributed by atoms with Crippen molar-refractivity contribution in [3.8, 4) is 0 Å². The van der Waals surface area contributed by atoms with Crippen LogP contribution in [0, 0.1) is 0 Å². The van der Waals surface area contributed by atoms with Gasteiger partial charge in [0.05, 0.1) is 6.61 Å². The van der Waals surface area contributed by atoms with Gasteiger partial charge in [-0.2, -0.15) is 0 Å². The second-order valence-electron chi connectivity index (χ2n) is 5.39. The summed E-state index contributed by atoms with van der Waals surface area (Å²) in [6, 6.07) is 10.1. The summed E-state index contributed by atoms with van der Waals surface area (Å²) in [5, 5.41) is 41.3. The first-order valence-corrected chi connectivity index (χ1v) is 7.18. The second kappa shape index (κ2) is 7.31. The molecular weight excluding hydrogens is 274 g/mol. The molecule has 0 aromatic heterocycles. The fraction of sp³-hybridized carbons (Fsp3) is 0.600. The quantitative estimate of drug-likeness (QED) is 0.414. The Labute approximate surface area is 124 Å². The van der Waals surface area contributed by atoms with E-state index in [9.17, 15) is 15.3 Å². The molecule has 6 nitrogen and oxygen atoms in total. The van der Waals surface area contributed by atoms with Crippen LogP contribution in [-0.2, 0) is 11.2 Å². The Bertz CT molecular complexity index is 429. The van der Waals surface area contributed by atoms with Crippen LogP contribution in [0.2, 0.25) is 0 Å². The molecule has 0 unspecified atom stereocenters. The molecule has 5 N–H and O–H groups in total. The molecule has 21 heavy (non-hydrogen) atoms. The lowest BCUT2D eigenvalue weighted by Gasteiger charge is -2.22. The molecule has 1 aliphatic heterocycles. The largest absolute Gasteiger partial charge is 0.391 e. The van der Waals surface area contributed by atoms with Crippen molar-refractivity contribution >= 4 is 0 Å². The molecule has 118 valence electrons. The molecule has 0 saturated carbocycles. The van der Waals surface area contributed by atoms with Crippen LogP contribution in [0.25, 0.3) is 0 Å². The van der Waals surface area contributed by atoms with E-state index in [0.717, 1.165) is 19.4 Å². The Morgan fingerprint density at radius 3 is 2.52 bits per heavy atom. The summed E-state index contributed by atoms with van der Waals surface area (Å²) >= 11 is 0. The molecule has 0 bridgehead atoms. The summed E-state index contributed by atoms with van der Waals surface area (Å²) in [5.74, 6) is -2.07. The number of nitrogens with one attached hydrogen (secondary N) is 1. The van der Waals surface area contributed by atoms with Gasteiger partial charge in [-0.05, 0) is 24.9 Å². The summed E-state index contributed by atoms with van der Waals surface area (Å²) in [5.41, 5.74) is 1.27. The average Bonchev–Trinajstić information content (AvgIpc) is 2.73. The molecule has 1 aliphatic rings. The summed E-state index contributed by atoms with van der Waals surface area (Å²) in [6.45, 7) is 0.278. The van der Waals surface area contributed by atoms with E-state index < -0.39 is 30.7 Å². The lowest BCUT2D eigenvalue weighted by atomic mass is 10.1. The van der Waals surface area contributed by atoms with Gasteiger partial charge in [-0.25, -0.2) is 0 Å². The van der Waals surface area contributed by atoms with E-state index in [1.165, 1.54) is 5.56 Å². The lowest BCUT2D eigenvalue weighted by molar-refractivity contribution is -0.245. The molecule has 1 aromatic rings. The first-order chi connectivity index (χ1) is 10.1. The molecule has 1 saturated heterocycles. The van der Waals surface area contributed by atoms with E-state index in [0.29, 0.717) is 6.54 Å². The average molecular weight is 297 g/mol. The van der Waals surface area contributed by atoms with Gasteiger partial charge in [0.1, 0.15) is 18.3 Å². The van der Waals surface area contributed by atoms with Gasteiger partial charge in [-0.3, -0.25) is 0 Å². The fourth-order valence-corrected chi connectivity index (χ4v) is 2.47. The van der Waals surface area contributed by atoms with Crippen LogP contribution in [0.3, 0.4) is 0 Å². The van der Waals surface area contributed by atoms with Crippen molar-refractivity contribution < 1.29 is 25.2 Å². The Hall–Kier alpha value is -1.02. The van der Waals surface area contributed by atoms with E-state index in [1.54, 1.807) is 0 Å². The van der Waals surface area contributed by atoms with E-state index in [2.05, 4.69) is 17.4 Å². The maximum Gasteiger partial charge on any atom is 0.219 e. The van der Waals surface area contributed by atoms with Gasteiger partial charge in [0, 0.05) is 6.54 Å². The van der Waals surface area contributed by atoms with Crippen LogP contribution in [0.1, 0.15) is 12.0 Å². The molecule has 2 rings (SSSR count). The van der Waals surface area contributed by atoms with Gasteiger partial charge in [-0.1, -0.05) is 30.3 Å². The standard InChI is InChI=1S/C15H23NO5/c17-10-15(20)14(19)13(18)12(21-15)9-16-8-4-7-11-5-2-1-3-6-11/h1-3,5-6,12-14,16-20H,4,7-10H2/t12-,13+,14-,15+/m0/s1. The third-order valence-electron chi connectivity index (χ3n) is 3.76. The van der Waals surface area contributed by atoms with Gasteiger partial charge >= 0.3 is 0 Å². The van der Waals surface area contributed by atoms with Crippen molar-refractivity contribution in [2.24, 2.45) is 0 Å². The van der Waals surface area contributed by atoms with E-state index in [4.69, 9.17) is 9.84 Å². The van der Waals surface area contributed by atoms with Crippen LogP contribution in [0.4, 0.5) is 0 Å². The van der Waals surface area contributed by atoms with Crippen LogP contribution in [-0.4, -0.2) is 64.2 Å². The molecule has 1 aromatic carbocycles. The van der Waals surface area contributed by atoms with Crippen molar-refractivity contribution in [3.05, 3.63) is 35.9 Å². The summed E-state index contributed by atoms with van der Waals surface area (Å²) in [4.78, 5) is 0. The highest BCUT2D eigenvalue weighted by molar-refractivity contribution is 5.14. The van der Waals surface area contributed by atoms with Crippen LogP contribution in [0.5, 0.6) is 0 Å². The molecule has 4 atom stereocenters. The number of hydrogen-bond acceptors (Lipinski definition) is 6. The monoisotopic (exact) mass is 297 g/mol. The van der Waals surface area contributed by atoms with Crippen LogP contribution < -0.4 is 5.32 Å². The molecule has 0 aliphatic carbocycles. The SMILES string of the molecule is OC[C@@]1(O)O[C@@H](CNCCCc2ccccc2)[C@@H](O)[C@@H]1O. The van der Waals surface area contributed by atoms with Gasteiger partial charge < -0.3 is 30.5 Å². The summed E-state index contributed by atoms with van der Waals surface area (Å²) in [7, 11) is 0. The van der Waals surface area contributed by atoms with Crippen molar-refractivity contribution in [2.45, 2.75) is 36.9 Å². The van der Waals surface area contributed by atoms with Crippen molar-refractivity contribution in [1.82, 2.24) is 5.32 Å². The number of aliphatic hydroxyl groups excluding tert-OH is 3. The second-order valence-corrected chi connectivity index (χ2v) is 5.39. The number of aryl methyl sites for hydroxylation is 1. The van der Waals surface area contributed by atoms with Gasteiger partial charge in [0.25, 0.3) is 0 Å². The molecule has 0 amide bonds. The van der Waals surface area contributed by atoms with Crippen LogP contribution in [0.15, 0.2) is 30.3 Å². The number of rotatable bonds is 7. The zero-order chi connectivity index (χ0) is 15.3. The van der Waals surface area contributed by atoms with Crippen molar-refractivity contribution in [1.29, 1.82) is 0 Å². The molecule has 0 radical (unpaired) electrons. The summed E-state index contributed by atoms with van der Waals surface area (Å²) < 4.78 is 5.13. The normalized spacial score (nSPS) is 32.5. The first kappa shape index (κ1) is 16.4.